The van der Waals surface area contributed by atoms with Crippen LogP contribution in [0.1, 0.15) is 31.0 Å². The van der Waals surface area contributed by atoms with Gasteiger partial charge in [-0.05, 0) is 31.2 Å². The fraction of sp³-hybridized carbons (Fsp3) is 0.538. The molecule has 0 bridgehead atoms. The minimum atomic E-state index is -4.29. The molecule has 1 aromatic rings. The number of rotatable bonds is 5. The summed E-state index contributed by atoms with van der Waals surface area (Å²) in [6.07, 6.45) is -4.40. The molecule has 0 saturated heterocycles. The van der Waals surface area contributed by atoms with Gasteiger partial charge in [-0.3, -0.25) is 0 Å². The Kier molecular flexibility index (Phi) is 5.16. The van der Waals surface area contributed by atoms with Crippen molar-refractivity contribution in [2.24, 2.45) is 0 Å². The molecule has 0 fully saturated rings. The quantitative estimate of drug-likeness (QED) is 0.877. The lowest BCUT2D eigenvalue weighted by Gasteiger charge is -2.24. The Morgan fingerprint density at radius 1 is 1.22 bits per heavy atom. The third-order valence-electron chi connectivity index (χ3n) is 2.86. The molecule has 2 nitrogen and oxygen atoms in total. The summed E-state index contributed by atoms with van der Waals surface area (Å²) < 4.78 is 42.6. The average molecular weight is 261 g/mol. The average Bonchev–Trinajstić information content (AvgIpc) is 2.34. The summed E-state index contributed by atoms with van der Waals surface area (Å²) >= 11 is 0. The van der Waals surface area contributed by atoms with Crippen molar-refractivity contribution < 1.29 is 17.9 Å². The van der Waals surface area contributed by atoms with Gasteiger partial charge in [-0.15, -0.1) is 0 Å². The zero-order chi connectivity index (χ0) is 13.8. The second-order valence-corrected chi connectivity index (χ2v) is 4.10. The van der Waals surface area contributed by atoms with E-state index in [9.17, 15) is 13.2 Å². The van der Waals surface area contributed by atoms with Gasteiger partial charge in [0.05, 0.1) is 17.7 Å². The molecule has 0 aliphatic rings. The summed E-state index contributed by atoms with van der Waals surface area (Å²) in [5.41, 5.74) is 0.158. The van der Waals surface area contributed by atoms with Crippen molar-refractivity contribution in [3.8, 4) is 0 Å². The van der Waals surface area contributed by atoms with Gasteiger partial charge >= 0.3 is 6.18 Å². The molecule has 0 heterocycles. The molecule has 0 aliphatic carbocycles. The van der Waals surface area contributed by atoms with Gasteiger partial charge in [0.15, 0.2) is 0 Å². The highest BCUT2D eigenvalue weighted by atomic mass is 19.4. The van der Waals surface area contributed by atoms with Crippen LogP contribution < -0.4 is 5.32 Å². The number of hydrogen-bond acceptors (Lipinski definition) is 2. The molecule has 0 spiro atoms. The number of hydrogen-bond donors (Lipinski definition) is 1. The van der Waals surface area contributed by atoms with Crippen molar-refractivity contribution in [3.05, 3.63) is 35.4 Å². The first-order chi connectivity index (χ1) is 8.40. The van der Waals surface area contributed by atoms with Gasteiger partial charge in [0, 0.05) is 7.11 Å². The topological polar surface area (TPSA) is 21.3 Å². The van der Waals surface area contributed by atoms with E-state index in [1.807, 2.05) is 13.8 Å². The van der Waals surface area contributed by atoms with Crippen molar-refractivity contribution in [2.75, 3.05) is 13.7 Å². The smallest absolute Gasteiger partial charge is 0.380 e. The van der Waals surface area contributed by atoms with Crippen molar-refractivity contribution >= 4 is 0 Å². The van der Waals surface area contributed by atoms with Crippen LogP contribution in [0.2, 0.25) is 0 Å². The van der Waals surface area contributed by atoms with Gasteiger partial charge in [-0.25, -0.2) is 0 Å². The number of nitrogens with one attached hydrogen (secondary N) is 1. The van der Waals surface area contributed by atoms with Crippen molar-refractivity contribution in [1.82, 2.24) is 5.32 Å². The Balaban J connectivity index is 2.93. The summed E-state index contributed by atoms with van der Waals surface area (Å²) in [4.78, 5) is 0. The molecule has 1 N–H and O–H groups in total. The minimum absolute atomic E-state index is 0.109. The van der Waals surface area contributed by atoms with E-state index in [0.29, 0.717) is 0 Å². The van der Waals surface area contributed by atoms with Crippen LogP contribution in [0.25, 0.3) is 0 Å². The van der Waals surface area contributed by atoms with Crippen molar-refractivity contribution in [2.45, 2.75) is 32.2 Å². The van der Waals surface area contributed by atoms with E-state index < -0.39 is 11.7 Å². The summed E-state index contributed by atoms with van der Waals surface area (Å²) in [6, 6.07) is 5.07. The minimum Gasteiger partial charge on any atom is -0.380 e. The molecular weight excluding hydrogens is 243 g/mol. The molecular formula is C13H18F3NO. The lowest BCUT2D eigenvalue weighted by molar-refractivity contribution is -0.137. The van der Waals surface area contributed by atoms with E-state index >= 15 is 0 Å². The fourth-order valence-corrected chi connectivity index (χ4v) is 1.79. The molecule has 2 unspecified atom stereocenters. The van der Waals surface area contributed by atoms with Crippen LogP contribution in [0.15, 0.2) is 24.3 Å². The van der Waals surface area contributed by atoms with Crippen LogP contribution in [0.3, 0.4) is 0 Å². The summed E-state index contributed by atoms with van der Waals surface area (Å²) in [6.45, 7) is 4.55. The first-order valence-electron chi connectivity index (χ1n) is 5.83. The maximum absolute atomic E-state index is 12.5. The molecule has 0 amide bonds. The van der Waals surface area contributed by atoms with Crippen LogP contribution in [0, 0.1) is 0 Å². The van der Waals surface area contributed by atoms with Crippen LogP contribution in [0.4, 0.5) is 13.2 Å². The molecule has 0 radical (unpaired) electrons. The Labute approximate surface area is 105 Å². The number of benzene rings is 1. The molecule has 0 aliphatic heterocycles. The maximum atomic E-state index is 12.5. The summed E-state index contributed by atoms with van der Waals surface area (Å²) in [7, 11) is 1.58. The van der Waals surface area contributed by atoms with Crippen molar-refractivity contribution in [1.29, 1.82) is 0 Å². The predicted molar refractivity (Wildman–Crippen MR) is 64.3 cm³/mol. The lowest BCUT2D eigenvalue weighted by Crippen LogP contribution is -2.31. The first-order valence-corrected chi connectivity index (χ1v) is 5.83. The highest BCUT2D eigenvalue weighted by Gasteiger charge is 2.30. The lowest BCUT2D eigenvalue weighted by atomic mass is 10.0. The molecule has 1 aromatic carbocycles. The first kappa shape index (κ1) is 15.0. The molecule has 18 heavy (non-hydrogen) atoms. The number of methoxy groups -OCH3 is 1. The van der Waals surface area contributed by atoms with Crippen LogP contribution in [-0.2, 0) is 10.9 Å². The SMILES string of the molecule is CCNC(c1ccc(C(F)(F)F)cc1)C(C)OC. The molecule has 0 aromatic heterocycles. The number of likely N-dealkylation sites (N-methyl/N-ethyl adjacent to an activating group) is 1. The van der Waals surface area contributed by atoms with E-state index in [1.165, 1.54) is 12.1 Å². The summed E-state index contributed by atoms with van der Waals surface area (Å²) in [5.74, 6) is 0. The molecule has 5 heteroatoms. The van der Waals surface area contributed by atoms with Crippen LogP contribution in [-0.4, -0.2) is 19.8 Å². The zero-order valence-electron chi connectivity index (χ0n) is 10.7. The third kappa shape index (κ3) is 3.71. The maximum Gasteiger partial charge on any atom is 0.416 e. The number of alkyl halides is 3. The van der Waals surface area contributed by atoms with Gasteiger partial charge in [0.2, 0.25) is 0 Å². The Hall–Kier alpha value is -1.07. The predicted octanol–water partition coefficient (Wildman–Crippen LogP) is 3.39. The van der Waals surface area contributed by atoms with E-state index in [4.69, 9.17) is 4.74 Å². The van der Waals surface area contributed by atoms with E-state index in [-0.39, 0.29) is 12.1 Å². The monoisotopic (exact) mass is 261 g/mol. The Morgan fingerprint density at radius 2 is 1.78 bits per heavy atom. The fourth-order valence-electron chi connectivity index (χ4n) is 1.79. The van der Waals surface area contributed by atoms with E-state index in [2.05, 4.69) is 5.32 Å². The van der Waals surface area contributed by atoms with Gasteiger partial charge in [0.1, 0.15) is 0 Å². The van der Waals surface area contributed by atoms with Crippen molar-refractivity contribution in [3.63, 3.8) is 0 Å². The molecule has 1 rings (SSSR count). The van der Waals surface area contributed by atoms with E-state index in [1.54, 1.807) is 7.11 Å². The van der Waals surface area contributed by atoms with Gasteiger partial charge < -0.3 is 10.1 Å². The standard InChI is InChI=1S/C13H18F3NO/c1-4-17-12(9(2)18-3)10-5-7-11(8-6-10)13(14,15)16/h5-9,12,17H,4H2,1-3H3. The van der Waals surface area contributed by atoms with E-state index in [0.717, 1.165) is 24.2 Å². The highest BCUT2D eigenvalue weighted by Crippen LogP contribution is 2.30. The Morgan fingerprint density at radius 3 is 2.17 bits per heavy atom. The second kappa shape index (κ2) is 6.20. The second-order valence-electron chi connectivity index (χ2n) is 4.10. The normalized spacial score (nSPS) is 15.4. The molecule has 2 atom stereocenters. The molecule has 0 saturated carbocycles. The highest BCUT2D eigenvalue weighted by molar-refractivity contribution is 5.27. The number of halogens is 3. The van der Waals surface area contributed by atoms with Crippen LogP contribution in [0.5, 0.6) is 0 Å². The third-order valence-corrected chi connectivity index (χ3v) is 2.86. The van der Waals surface area contributed by atoms with Gasteiger partial charge in [-0.1, -0.05) is 19.1 Å². The largest absolute Gasteiger partial charge is 0.416 e. The molecule has 102 valence electrons. The number of ether oxygens (including phenoxy) is 1. The zero-order valence-corrected chi connectivity index (χ0v) is 10.7. The van der Waals surface area contributed by atoms with Gasteiger partial charge in [0.25, 0.3) is 0 Å². The van der Waals surface area contributed by atoms with Gasteiger partial charge in [-0.2, -0.15) is 13.2 Å². The Bertz CT molecular complexity index is 361. The summed E-state index contributed by atoms with van der Waals surface area (Å²) in [5, 5.41) is 3.20. The van der Waals surface area contributed by atoms with Crippen LogP contribution >= 0.6 is 0 Å².